The van der Waals surface area contributed by atoms with Crippen molar-refractivity contribution in [2.45, 2.75) is 32.7 Å². The average molecular weight is 267 g/mol. The minimum absolute atomic E-state index is 0.00515. The summed E-state index contributed by atoms with van der Waals surface area (Å²) in [6, 6.07) is 18.2. The second-order valence-electron chi connectivity index (χ2n) is 5.11. The molecule has 0 saturated heterocycles. The first-order chi connectivity index (χ1) is 9.70. The quantitative estimate of drug-likeness (QED) is 0.861. The van der Waals surface area contributed by atoms with Gasteiger partial charge < -0.3 is 5.32 Å². The van der Waals surface area contributed by atoms with Gasteiger partial charge in [-0.15, -0.1) is 0 Å². The van der Waals surface area contributed by atoms with E-state index in [1.54, 1.807) is 0 Å². The summed E-state index contributed by atoms with van der Waals surface area (Å²) in [4.78, 5) is 12.1. The Labute approximate surface area is 120 Å². The van der Waals surface area contributed by atoms with Crippen LogP contribution >= 0.6 is 0 Å². The zero-order valence-corrected chi connectivity index (χ0v) is 12.1. The van der Waals surface area contributed by atoms with Crippen LogP contribution in [0.2, 0.25) is 0 Å². The van der Waals surface area contributed by atoms with Crippen LogP contribution in [0.5, 0.6) is 0 Å². The number of hydrogen-bond donors (Lipinski definition) is 1. The molecule has 0 heterocycles. The maximum atomic E-state index is 12.1. The van der Waals surface area contributed by atoms with E-state index >= 15 is 0 Å². The predicted molar refractivity (Wildman–Crippen MR) is 83.7 cm³/mol. The third kappa shape index (κ3) is 3.70. The molecule has 0 unspecified atom stereocenters. The Hall–Kier alpha value is -2.09. The number of carbonyl (C=O) groups excluding carboxylic acids is 1. The van der Waals surface area contributed by atoms with Crippen molar-refractivity contribution in [3.05, 3.63) is 60.2 Å². The minimum atomic E-state index is 0.00515. The van der Waals surface area contributed by atoms with Gasteiger partial charge in [0.2, 0.25) is 0 Å². The molecule has 1 atom stereocenters. The molecule has 2 aromatic carbocycles. The maximum absolute atomic E-state index is 12.1. The largest absolute Gasteiger partial charge is 0.350 e. The zero-order valence-electron chi connectivity index (χ0n) is 12.1. The lowest BCUT2D eigenvalue weighted by Crippen LogP contribution is -2.32. The van der Waals surface area contributed by atoms with Crippen LogP contribution in [0, 0.1) is 0 Å². The van der Waals surface area contributed by atoms with Crippen molar-refractivity contribution >= 4 is 5.91 Å². The highest BCUT2D eigenvalue weighted by Gasteiger charge is 2.09. The van der Waals surface area contributed by atoms with Gasteiger partial charge in [-0.2, -0.15) is 0 Å². The van der Waals surface area contributed by atoms with Crippen molar-refractivity contribution in [3.63, 3.8) is 0 Å². The lowest BCUT2D eigenvalue weighted by molar-refractivity contribution is 0.0938. The maximum Gasteiger partial charge on any atom is 0.251 e. The second kappa shape index (κ2) is 6.90. The lowest BCUT2D eigenvalue weighted by atomic mass is 10.0. The summed E-state index contributed by atoms with van der Waals surface area (Å²) in [5.74, 6) is 0.00515. The second-order valence-corrected chi connectivity index (χ2v) is 5.11. The summed E-state index contributed by atoms with van der Waals surface area (Å²) in [5, 5.41) is 3.02. The van der Waals surface area contributed by atoms with E-state index in [4.69, 9.17) is 0 Å². The SMILES string of the molecule is CCC[C@@H](C)NC(=O)c1ccc(-c2ccccc2)cc1. The molecule has 0 bridgehead atoms. The van der Waals surface area contributed by atoms with E-state index < -0.39 is 0 Å². The summed E-state index contributed by atoms with van der Waals surface area (Å²) in [6.45, 7) is 4.16. The van der Waals surface area contributed by atoms with Crippen LogP contribution in [0.3, 0.4) is 0 Å². The fourth-order valence-corrected chi connectivity index (χ4v) is 2.26. The summed E-state index contributed by atoms with van der Waals surface area (Å²) in [7, 11) is 0. The highest BCUT2D eigenvalue weighted by atomic mass is 16.1. The van der Waals surface area contributed by atoms with Crippen molar-refractivity contribution in [3.8, 4) is 11.1 Å². The van der Waals surface area contributed by atoms with E-state index in [1.165, 1.54) is 5.56 Å². The van der Waals surface area contributed by atoms with Crippen LogP contribution in [0.1, 0.15) is 37.0 Å². The predicted octanol–water partition coefficient (Wildman–Crippen LogP) is 4.27. The van der Waals surface area contributed by atoms with Gasteiger partial charge in [0.05, 0.1) is 0 Å². The van der Waals surface area contributed by atoms with Crippen molar-refractivity contribution in [2.24, 2.45) is 0 Å². The minimum Gasteiger partial charge on any atom is -0.350 e. The van der Waals surface area contributed by atoms with Crippen LogP contribution in [0.25, 0.3) is 11.1 Å². The van der Waals surface area contributed by atoms with Gasteiger partial charge in [-0.25, -0.2) is 0 Å². The molecule has 0 saturated carbocycles. The first kappa shape index (κ1) is 14.3. The van der Waals surface area contributed by atoms with Crippen molar-refractivity contribution < 1.29 is 4.79 Å². The Balaban J connectivity index is 2.07. The van der Waals surface area contributed by atoms with E-state index in [0.29, 0.717) is 5.56 Å². The molecule has 104 valence electrons. The first-order valence-electron chi connectivity index (χ1n) is 7.17. The number of carbonyl (C=O) groups is 1. The first-order valence-corrected chi connectivity index (χ1v) is 7.17. The van der Waals surface area contributed by atoms with Gasteiger partial charge in [-0.3, -0.25) is 4.79 Å². The van der Waals surface area contributed by atoms with Crippen LogP contribution in [0.15, 0.2) is 54.6 Å². The molecule has 0 spiro atoms. The van der Waals surface area contributed by atoms with Crippen molar-refractivity contribution in [2.75, 3.05) is 0 Å². The van der Waals surface area contributed by atoms with Gasteiger partial charge in [0.1, 0.15) is 0 Å². The fraction of sp³-hybridized carbons (Fsp3) is 0.278. The molecule has 0 aliphatic heterocycles. The Morgan fingerprint density at radius 3 is 2.20 bits per heavy atom. The third-order valence-corrected chi connectivity index (χ3v) is 3.35. The van der Waals surface area contributed by atoms with Crippen molar-refractivity contribution in [1.82, 2.24) is 5.32 Å². The van der Waals surface area contributed by atoms with Crippen molar-refractivity contribution in [1.29, 1.82) is 0 Å². The van der Waals surface area contributed by atoms with Gasteiger partial charge in [0.25, 0.3) is 5.91 Å². The molecule has 0 aliphatic carbocycles. The van der Waals surface area contributed by atoms with Crippen LogP contribution < -0.4 is 5.32 Å². The van der Waals surface area contributed by atoms with Gasteiger partial charge in [0.15, 0.2) is 0 Å². The number of amides is 1. The normalized spacial score (nSPS) is 11.9. The van der Waals surface area contributed by atoms with E-state index in [9.17, 15) is 4.79 Å². The number of hydrogen-bond acceptors (Lipinski definition) is 1. The average Bonchev–Trinajstić information content (AvgIpc) is 2.48. The molecule has 20 heavy (non-hydrogen) atoms. The summed E-state index contributed by atoms with van der Waals surface area (Å²) in [6.07, 6.45) is 2.09. The molecule has 1 N–H and O–H groups in total. The van der Waals surface area contributed by atoms with E-state index in [-0.39, 0.29) is 11.9 Å². The van der Waals surface area contributed by atoms with Crippen LogP contribution in [-0.2, 0) is 0 Å². The van der Waals surface area contributed by atoms with Crippen LogP contribution in [0.4, 0.5) is 0 Å². The van der Waals surface area contributed by atoms with Crippen LogP contribution in [-0.4, -0.2) is 11.9 Å². The molecule has 1 amide bonds. The monoisotopic (exact) mass is 267 g/mol. The summed E-state index contributed by atoms with van der Waals surface area (Å²) < 4.78 is 0. The summed E-state index contributed by atoms with van der Waals surface area (Å²) >= 11 is 0. The zero-order chi connectivity index (χ0) is 14.4. The molecule has 2 aromatic rings. The molecule has 0 aromatic heterocycles. The molecule has 2 heteroatoms. The molecule has 0 radical (unpaired) electrons. The fourth-order valence-electron chi connectivity index (χ4n) is 2.26. The molecular weight excluding hydrogens is 246 g/mol. The Morgan fingerprint density at radius 2 is 1.60 bits per heavy atom. The highest BCUT2D eigenvalue weighted by Crippen LogP contribution is 2.19. The topological polar surface area (TPSA) is 29.1 Å². The third-order valence-electron chi connectivity index (χ3n) is 3.35. The molecule has 0 aliphatic rings. The molecule has 2 nitrogen and oxygen atoms in total. The Bertz CT molecular complexity index is 545. The van der Waals surface area contributed by atoms with Gasteiger partial charge in [-0.05, 0) is 36.6 Å². The number of rotatable bonds is 5. The number of nitrogens with one attached hydrogen (secondary N) is 1. The Kier molecular flexibility index (Phi) is 4.94. The molecular formula is C18H21NO. The van der Waals surface area contributed by atoms with E-state index in [2.05, 4.69) is 24.4 Å². The highest BCUT2D eigenvalue weighted by molar-refractivity contribution is 5.94. The smallest absolute Gasteiger partial charge is 0.251 e. The standard InChI is InChI=1S/C18H21NO/c1-3-7-14(2)19-18(20)17-12-10-16(11-13-17)15-8-5-4-6-9-15/h4-6,8-14H,3,7H2,1-2H3,(H,19,20)/t14-/m1/s1. The van der Waals surface area contributed by atoms with Gasteiger partial charge in [-0.1, -0.05) is 55.8 Å². The van der Waals surface area contributed by atoms with Gasteiger partial charge in [0, 0.05) is 11.6 Å². The van der Waals surface area contributed by atoms with Gasteiger partial charge >= 0.3 is 0 Å². The molecule has 2 rings (SSSR count). The lowest BCUT2D eigenvalue weighted by Gasteiger charge is -2.13. The summed E-state index contributed by atoms with van der Waals surface area (Å²) in [5.41, 5.74) is 3.01. The van der Waals surface area contributed by atoms with E-state index in [1.807, 2.05) is 49.4 Å². The van der Waals surface area contributed by atoms with E-state index in [0.717, 1.165) is 18.4 Å². The number of benzene rings is 2. The Morgan fingerprint density at radius 1 is 1.00 bits per heavy atom. The molecule has 0 fully saturated rings.